The fourth-order valence-electron chi connectivity index (χ4n) is 5.02. The molecular formula is C30H26N2S4. The number of thiophene rings is 4. The highest BCUT2D eigenvalue weighted by atomic mass is 32.1. The van der Waals surface area contributed by atoms with E-state index >= 15 is 0 Å². The van der Waals surface area contributed by atoms with Crippen LogP contribution in [0.5, 0.6) is 0 Å². The number of benzene rings is 2. The molecule has 36 heavy (non-hydrogen) atoms. The van der Waals surface area contributed by atoms with Gasteiger partial charge in [-0.3, -0.25) is 4.57 Å². The fourth-order valence-corrected chi connectivity index (χ4v) is 9.90. The summed E-state index contributed by atoms with van der Waals surface area (Å²) in [4.78, 5) is 1.35. The highest BCUT2D eigenvalue weighted by Gasteiger charge is 2.24. The van der Waals surface area contributed by atoms with Crippen LogP contribution in [0, 0.1) is 0 Å². The monoisotopic (exact) mass is 542 g/mol. The van der Waals surface area contributed by atoms with Gasteiger partial charge in [-0.25, -0.2) is 0 Å². The molecule has 6 heteroatoms. The van der Waals surface area contributed by atoms with Crippen molar-refractivity contribution in [2.24, 2.45) is 0 Å². The number of hydrogen-bond donors (Lipinski definition) is 1. The lowest BCUT2D eigenvalue weighted by Gasteiger charge is -2.05. The molecule has 0 bridgehead atoms. The molecule has 0 fully saturated rings. The molecule has 0 radical (unpaired) electrons. The summed E-state index contributed by atoms with van der Waals surface area (Å²) in [7, 11) is 0. The van der Waals surface area contributed by atoms with E-state index in [-0.39, 0.29) is 0 Å². The number of rotatable bonds is 8. The smallest absolute Gasteiger partial charge is 0.102 e. The Bertz CT molecular complexity index is 1810. The maximum atomic E-state index is 3.68. The lowest BCUT2D eigenvalue weighted by atomic mass is 10.2. The lowest BCUT2D eigenvalue weighted by molar-refractivity contribution is 0.685. The summed E-state index contributed by atoms with van der Waals surface area (Å²) >= 11 is 7.70. The Morgan fingerprint density at radius 2 is 1.50 bits per heavy atom. The molecule has 0 aliphatic rings. The molecule has 0 aliphatic heterocycles. The van der Waals surface area contributed by atoms with Crippen LogP contribution in [0.15, 0.2) is 72.8 Å². The topological polar surface area (TPSA) is 17.0 Å². The van der Waals surface area contributed by atoms with E-state index in [1.165, 1.54) is 86.0 Å². The Morgan fingerprint density at radius 1 is 0.694 bits per heavy atom. The minimum Gasteiger partial charge on any atom is -0.377 e. The van der Waals surface area contributed by atoms with Gasteiger partial charge in [0.2, 0.25) is 0 Å². The van der Waals surface area contributed by atoms with Gasteiger partial charge in [0, 0.05) is 26.2 Å². The molecular weight excluding hydrogens is 517 g/mol. The Labute approximate surface area is 226 Å². The summed E-state index contributed by atoms with van der Waals surface area (Å²) in [5.41, 5.74) is 4.05. The van der Waals surface area contributed by atoms with Crippen LogP contribution in [-0.4, -0.2) is 11.1 Å². The Kier molecular flexibility index (Phi) is 5.85. The third kappa shape index (κ3) is 3.70. The van der Waals surface area contributed by atoms with Crippen molar-refractivity contribution in [1.29, 1.82) is 0 Å². The molecule has 180 valence electrons. The van der Waals surface area contributed by atoms with Gasteiger partial charge in [0.25, 0.3) is 0 Å². The molecule has 0 atom stereocenters. The molecule has 0 aliphatic carbocycles. The average Bonchev–Trinajstić information content (AvgIpc) is 3.70. The number of nitrogens with one attached hydrogen (secondary N) is 1. The summed E-state index contributed by atoms with van der Waals surface area (Å²) in [6.45, 7) is 3.31. The van der Waals surface area contributed by atoms with Gasteiger partial charge in [0.15, 0.2) is 0 Å². The molecule has 0 saturated heterocycles. The van der Waals surface area contributed by atoms with Gasteiger partial charge < -0.3 is 5.32 Å². The van der Waals surface area contributed by atoms with E-state index in [4.69, 9.17) is 0 Å². The van der Waals surface area contributed by atoms with Crippen molar-refractivity contribution < 1.29 is 0 Å². The van der Waals surface area contributed by atoms with Crippen LogP contribution in [-0.2, 0) is 0 Å². The number of fused-ring (bicyclic) bond motifs is 7. The van der Waals surface area contributed by atoms with Crippen LogP contribution in [0.3, 0.4) is 0 Å². The van der Waals surface area contributed by atoms with Gasteiger partial charge in [-0.05, 0) is 36.2 Å². The first-order valence-electron chi connectivity index (χ1n) is 12.6. The summed E-state index contributed by atoms with van der Waals surface area (Å²) in [6, 6.07) is 26.6. The van der Waals surface area contributed by atoms with Crippen LogP contribution in [0.25, 0.3) is 55.4 Å². The maximum Gasteiger partial charge on any atom is 0.102 e. The van der Waals surface area contributed by atoms with E-state index in [1.54, 1.807) is 0 Å². The number of unbranched alkanes of at least 4 members (excludes halogenated alkanes) is 3. The third-order valence-corrected chi connectivity index (χ3v) is 11.6. The van der Waals surface area contributed by atoms with Crippen LogP contribution in [0.1, 0.15) is 32.6 Å². The van der Waals surface area contributed by atoms with Crippen LogP contribution < -0.4 is 5.32 Å². The van der Waals surface area contributed by atoms with Crippen LogP contribution in [0.2, 0.25) is 0 Å². The van der Waals surface area contributed by atoms with Crippen molar-refractivity contribution in [3.63, 3.8) is 0 Å². The number of nitrogens with zero attached hydrogens (tertiary/aromatic N) is 1. The maximum absolute atomic E-state index is 3.68. The molecule has 5 aromatic heterocycles. The predicted octanol–water partition coefficient (Wildman–Crippen LogP) is 11.0. The normalized spacial score (nSPS) is 12.0. The summed E-state index contributed by atoms with van der Waals surface area (Å²) in [6.07, 6.45) is 5.14. The Balaban J connectivity index is 1.40. The molecule has 2 nitrogen and oxygen atoms in total. The second-order valence-electron chi connectivity index (χ2n) is 9.19. The summed E-state index contributed by atoms with van der Waals surface area (Å²) in [5, 5.41) is 7.60. The zero-order valence-electron chi connectivity index (χ0n) is 20.0. The minimum absolute atomic E-state index is 1.05. The second-order valence-corrected chi connectivity index (χ2v) is 13.4. The van der Waals surface area contributed by atoms with Gasteiger partial charge in [0.05, 0.1) is 30.1 Å². The first-order chi connectivity index (χ1) is 17.8. The van der Waals surface area contributed by atoms with Crippen molar-refractivity contribution in [2.45, 2.75) is 32.6 Å². The quantitative estimate of drug-likeness (QED) is 0.189. The van der Waals surface area contributed by atoms with Gasteiger partial charge in [-0.1, -0.05) is 74.7 Å². The van der Waals surface area contributed by atoms with Crippen molar-refractivity contribution >= 4 is 90.3 Å². The molecule has 0 unspecified atom stereocenters. The third-order valence-electron chi connectivity index (χ3n) is 6.76. The standard InChI is InChI=1S/C30H26N2S4/c1-2-3-4-10-17-31-24-15-16-25(36-24)32-26-20-13-8-9-14-21(20)33-29(26)30-27(32)28-23(35-30)18-22(34-28)19-11-6-5-7-12-19/h5-9,11-16,18,31H,2-4,10,17H2,1H3. The van der Waals surface area contributed by atoms with E-state index < -0.39 is 0 Å². The van der Waals surface area contributed by atoms with Crippen molar-refractivity contribution in [2.75, 3.05) is 11.9 Å². The Morgan fingerprint density at radius 3 is 2.39 bits per heavy atom. The lowest BCUT2D eigenvalue weighted by Crippen LogP contribution is -1.99. The molecule has 0 spiro atoms. The minimum atomic E-state index is 1.05. The molecule has 2 aromatic carbocycles. The fraction of sp³-hybridized carbons (Fsp3) is 0.200. The van der Waals surface area contributed by atoms with Crippen LogP contribution in [0.4, 0.5) is 5.00 Å². The van der Waals surface area contributed by atoms with Gasteiger partial charge in [0.1, 0.15) is 5.00 Å². The van der Waals surface area contributed by atoms with E-state index in [2.05, 4.69) is 89.6 Å². The molecule has 0 saturated carbocycles. The summed E-state index contributed by atoms with van der Waals surface area (Å²) in [5.74, 6) is 0. The SMILES string of the molecule is CCCCCCNc1ccc(-n2c3c4ccccc4sc3c3sc4cc(-c5ccccc5)sc4c32)s1. The first kappa shape index (κ1) is 22.5. The van der Waals surface area contributed by atoms with E-state index in [0.29, 0.717) is 0 Å². The molecule has 1 N–H and O–H groups in total. The first-order valence-corrected chi connectivity index (χ1v) is 15.9. The van der Waals surface area contributed by atoms with E-state index in [0.717, 1.165) is 6.54 Å². The molecule has 0 amide bonds. The van der Waals surface area contributed by atoms with Crippen molar-refractivity contribution in [1.82, 2.24) is 4.57 Å². The van der Waals surface area contributed by atoms with Gasteiger partial charge >= 0.3 is 0 Å². The predicted molar refractivity (Wildman–Crippen MR) is 165 cm³/mol. The zero-order valence-corrected chi connectivity index (χ0v) is 23.3. The van der Waals surface area contributed by atoms with Crippen LogP contribution >= 0.6 is 45.3 Å². The van der Waals surface area contributed by atoms with E-state index in [9.17, 15) is 0 Å². The zero-order chi connectivity index (χ0) is 24.1. The van der Waals surface area contributed by atoms with E-state index in [1.807, 2.05) is 45.3 Å². The molecule has 7 rings (SSSR count). The number of hydrogen-bond acceptors (Lipinski definition) is 5. The molecule has 5 heterocycles. The largest absolute Gasteiger partial charge is 0.377 e. The highest BCUT2D eigenvalue weighted by molar-refractivity contribution is 7.37. The number of anilines is 1. The van der Waals surface area contributed by atoms with Gasteiger partial charge in [-0.15, -0.1) is 45.3 Å². The number of aromatic nitrogens is 1. The second kappa shape index (κ2) is 9.34. The Hall–Kier alpha value is -2.64. The average molecular weight is 543 g/mol. The van der Waals surface area contributed by atoms with Crippen molar-refractivity contribution in [3.8, 4) is 15.4 Å². The van der Waals surface area contributed by atoms with Crippen molar-refractivity contribution in [3.05, 3.63) is 72.8 Å². The van der Waals surface area contributed by atoms with Gasteiger partial charge in [-0.2, -0.15) is 0 Å². The highest BCUT2D eigenvalue weighted by Crippen LogP contribution is 2.51. The summed E-state index contributed by atoms with van der Waals surface area (Å²) < 4.78 is 9.57. The molecule has 7 aromatic rings.